The Bertz CT molecular complexity index is 789. The summed E-state index contributed by atoms with van der Waals surface area (Å²) in [4.78, 5) is 27.2. The van der Waals surface area contributed by atoms with Gasteiger partial charge in [-0.1, -0.05) is 23.2 Å². The molecule has 2 N–H and O–H groups in total. The Hall–Kier alpha value is -1.90. The second-order valence-corrected chi connectivity index (χ2v) is 9.21. The van der Waals surface area contributed by atoms with Gasteiger partial charge in [0.15, 0.2) is 11.5 Å². The molecule has 0 atom stereocenters. The van der Waals surface area contributed by atoms with Crippen LogP contribution in [0, 0.1) is 0 Å². The average Bonchev–Trinajstić information content (AvgIpc) is 2.68. The summed E-state index contributed by atoms with van der Waals surface area (Å²) in [6.07, 6.45) is 2.39. The molecular weight excluding hydrogens is 447 g/mol. The van der Waals surface area contributed by atoms with Gasteiger partial charge >= 0.3 is 12.1 Å². The fourth-order valence-corrected chi connectivity index (χ4v) is 3.72. The van der Waals surface area contributed by atoms with Crippen LogP contribution in [0.4, 0.5) is 4.79 Å². The fourth-order valence-electron chi connectivity index (χ4n) is 3.16. The molecule has 1 aliphatic rings. The highest BCUT2D eigenvalue weighted by Crippen LogP contribution is 2.42. The van der Waals surface area contributed by atoms with Crippen molar-refractivity contribution in [2.45, 2.75) is 45.6 Å². The lowest BCUT2D eigenvalue weighted by molar-refractivity contribution is 0.0144. The van der Waals surface area contributed by atoms with Crippen molar-refractivity contribution in [3.63, 3.8) is 0 Å². The number of unbranched alkanes of at least 4 members (excludes halogenated alkanes) is 2. The number of hydrogen-bond donors (Lipinski definition) is 2. The average molecular weight is 477 g/mol. The lowest BCUT2D eigenvalue weighted by atomic mass is 10.2. The van der Waals surface area contributed by atoms with Crippen LogP contribution >= 0.6 is 23.2 Å². The lowest BCUT2D eigenvalue weighted by Gasteiger charge is -2.35. The van der Waals surface area contributed by atoms with E-state index in [-0.39, 0.29) is 27.5 Å². The Labute approximate surface area is 192 Å². The molecule has 1 aromatic rings. The van der Waals surface area contributed by atoms with Gasteiger partial charge in [-0.05, 0) is 52.6 Å². The van der Waals surface area contributed by atoms with Crippen molar-refractivity contribution >= 4 is 35.3 Å². The van der Waals surface area contributed by atoms with E-state index < -0.39 is 17.3 Å². The summed E-state index contributed by atoms with van der Waals surface area (Å²) in [7, 11) is 0. The largest absolute Gasteiger partial charge is 0.505 e. The molecule has 0 spiro atoms. The standard InChI is InChI=1S/C21H30Cl2N2O6/c1-21(2,3)31-20(29)25-10-8-24(9-11-25)7-5-4-6-12-30-18-15(22)13-14(19(27)28)17(26)16(18)23/h13,26H,4-12H2,1-3H3,(H,27,28). The summed E-state index contributed by atoms with van der Waals surface area (Å²) in [5.41, 5.74) is -0.851. The highest BCUT2D eigenvalue weighted by Gasteiger charge is 2.25. The molecule has 31 heavy (non-hydrogen) atoms. The molecule has 10 heteroatoms. The predicted octanol–water partition coefficient (Wildman–Crippen LogP) is 4.50. The second kappa shape index (κ2) is 11.1. The zero-order chi connectivity index (χ0) is 23.2. The molecule has 1 aromatic carbocycles. The van der Waals surface area contributed by atoms with E-state index in [4.69, 9.17) is 37.8 Å². The molecule has 2 rings (SSSR count). The maximum atomic E-state index is 12.1. The zero-order valence-corrected chi connectivity index (χ0v) is 19.6. The van der Waals surface area contributed by atoms with Crippen LogP contribution in [-0.2, 0) is 4.74 Å². The minimum Gasteiger partial charge on any atom is -0.505 e. The van der Waals surface area contributed by atoms with E-state index in [1.165, 1.54) is 0 Å². The van der Waals surface area contributed by atoms with E-state index in [9.17, 15) is 14.7 Å². The number of ether oxygens (including phenoxy) is 2. The van der Waals surface area contributed by atoms with Crippen molar-refractivity contribution in [3.8, 4) is 11.5 Å². The summed E-state index contributed by atoms with van der Waals surface area (Å²) in [5.74, 6) is -1.79. The van der Waals surface area contributed by atoms with Crippen molar-refractivity contribution in [1.82, 2.24) is 9.80 Å². The van der Waals surface area contributed by atoms with Gasteiger partial charge in [0.2, 0.25) is 0 Å². The Kier molecular flexibility index (Phi) is 9.09. The van der Waals surface area contributed by atoms with Gasteiger partial charge in [0, 0.05) is 26.2 Å². The monoisotopic (exact) mass is 476 g/mol. The molecule has 8 nitrogen and oxygen atoms in total. The summed E-state index contributed by atoms with van der Waals surface area (Å²) >= 11 is 12.0. The van der Waals surface area contributed by atoms with Crippen molar-refractivity contribution in [2.75, 3.05) is 39.3 Å². The number of hydrogen-bond acceptors (Lipinski definition) is 6. The van der Waals surface area contributed by atoms with Crippen LogP contribution in [0.1, 0.15) is 50.4 Å². The summed E-state index contributed by atoms with van der Waals surface area (Å²) in [5, 5.41) is 18.7. The quantitative estimate of drug-likeness (QED) is 0.532. The van der Waals surface area contributed by atoms with Crippen LogP contribution in [0.3, 0.4) is 0 Å². The molecule has 0 aliphatic carbocycles. The van der Waals surface area contributed by atoms with Gasteiger partial charge in [-0.2, -0.15) is 0 Å². The topological polar surface area (TPSA) is 99.5 Å². The molecule has 1 fully saturated rings. The smallest absolute Gasteiger partial charge is 0.410 e. The van der Waals surface area contributed by atoms with Crippen molar-refractivity contribution in [1.29, 1.82) is 0 Å². The zero-order valence-electron chi connectivity index (χ0n) is 18.1. The summed E-state index contributed by atoms with van der Waals surface area (Å²) < 4.78 is 11.0. The third-order valence-electron chi connectivity index (χ3n) is 4.77. The molecule has 0 radical (unpaired) electrons. The van der Waals surface area contributed by atoms with E-state index in [0.29, 0.717) is 19.7 Å². The van der Waals surface area contributed by atoms with E-state index in [0.717, 1.165) is 45.0 Å². The van der Waals surface area contributed by atoms with Gasteiger partial charge in [0.05, 0.1) is 11.6 Å². The van der Waals surface area contributed by atoms with Crippen LogP contribution in [0.15, 0.2) is 6.07 Å². The molecule has 0 saturated carbocycles. The van der Waals surface area contributed by atoms with Gasteiger partial charge in [0.1, 0.15) is 16.2 Å². The molecule has 1 aliphatic heterocycles. The maximum Gasteiger partial charge on any atom is 0.410 e. The van der Waals surface area contributed by atoms with Gasteiger partial charge in [-0.15, -0.1) is 0 Å². The van der Waals surface area contributed by atoms with Gasteiger partial charge in [-0.25, -0.2) is 9.59 Å². The van der Waals surface area contributed by atoms with E-state index in [1.807, 2.05) is 20.8 Å². The minimum atomic E-state index is -1.32. The Morgan fingerprint density at radius 1 is 1.10 bits per heavy atom. The van der Waals surface area contributed by atoms with Crippen LogP contribution in [0.2, 0.25) is 10.0 Å². The van der Waals surface area contributed by atoms with E-state index in [1.54, 1.807) is 4.90 Å². The number of halogens is 2. The van der Waals surface area contributed by atoms with Crippen LogP contribution in [0.5, 0.6) is 11.5 Å². The number of carboxylic acids is 1. The SMILES string of the molecule is CC(C)(C)OC(=O)N1CCN(CCCCCOc2c(Cl)cc(C(=O)O)c(O)c2Cl)CC1. The Morgan fingerprint density at radius 3 is 2.32 bits per heavy atom. The second-order valence-electron chi connectivity index (χ2n) is 8.42. The van der Waals surface area contributed by atoms with Crippen LogP contribution < -0.4 is 4.74 Å². The number of rotatable bonds is 8. The first kappa shape index (κ1) is 25.4. The number of carbonyl (C=O) groups excluding carboxylic acids is 1. The van der Waals surface area contributed by atoms with Gasteiger partial charge < -0.3 is 24.6 Å². The molecule has 174 valence electrons. The number of phenols is 1. The van der Waals surface area contributed by atoms with E-state index >= 15 is 0 Å². The molecule has 1 heterocycles. The summed E-state index contributed by atoms with van der Waals surface area (Å²) in [6, 6.07) is 1.12. The minimum absolute atomic E-state index is 0.0445. The number of benzene rings is 1. The number of aromatic carboxylic acids is 1. The van der Waals surface area contributed by atoms with Crippen molar-refractivity contribution in [3.05, 3.63) is 21.7 Å². The number of amides is 1. The molecule has 0 bridgehead atoms. The van der Waals surface area contributed by atoms with Crippen LogP contribution in [0.25, 0.3) is 0 Å². The highest BCUT2D eigenvalue weighted by atomic mass is 35.5. The molecule has 0 unspecified atom stereocenters. The highest BCUT2D eigenvalue weighted by molar-refractivity contribution is 6.38. The first-order valence-corrected chi connectivity index (χ1v) is 11.0. The normalized spacial score (nSPS) is 15.1. The maximum absolute atomic E-state index is 12.1. The first-order chi connectivity index (χ1) is 14.5. The van der Waals surface area contributed by atoms with Crippen molar-refractivity contribution < 1.29 is 29.3 Å². The van der Waals surface area contributed by atoms with Crippen LogP contribution in [-0.4, -0.2) is 77.0 Å². The summed E-state index contributed by atoms with van der Waals surface area (Å²) in [6.45, 7) is 9.80. The van der Waals surface area contributed by atoms with Gasteiger partial charge in [0.25, 0.3) is 0 Å². The number of nitrogens with zero attached hydrogens (tertiary/aromatic N) is 2. The van der Waals surface area contributed by atoms with Gasteiger partial charge in [-0.3, -0.25) is 4.90 Å². The molecule has 0 aromatic heterocycles. The molecular formula is C21H30Cl2N2O6. The number of piperazine rings is 1. The lowest BCUT2D eigenvalue weighted by Crippen LogP contribution is -2.50. The number of carbonyl (C=O) groups is 2. The fraction of sp³-hybridized carbons (Fsp3) is 0.619. The van der Waals surface area contributed by atoms with Crippen molar-refractivity contribution in [2.24, 2.45) is 0 Å². The predicted molar refractivity (Wildman–Crippen MR) is 119 cm³/mol. The Morgan fingerprint density at radius 2 is 1.74 bits per heavy atom. The number of carboxylic acid groups (broad SMARTS) is 1. The molecule has 1 saturated heterocycles. The Balaban J connectivity index is 1.66. The third-order valence-corrected chi connectivity index (χ3v) is 5.40. The third kappa shape index (κ3) is 7.63. The number of aromatic hydroxyl groups is 1. The molecule has 1 amide bonds. The van der Waals surface area contributed by atoms with E-state index in [2.05, 4.69) is 4.90 Å². The first-order valence-electron chi connectivity index (χ1n) is 10.3.